The minimum absolute atomic E-state index is 0.346. The van der Waals surface area contributed by atoms with Crippen molar-refractivity contribution in [2.24, 2.45) is 0 Å². The summed E-state index contributed by atoms with van der Waals surface area (Å²) in [6, 6.07) is 10.7. The molecule has 296 valence electrons. The Morgan fingerprint density at radius 2 is 1.82 bits per heavy atom. The predicted octanol–water partition coefficient (Wildman–Crippen LogP) is 8.30. The van der Waals surface area contributed by atoms with Crippen molar-refractivity contribution < 1.29 is 9.47 Å². The molecule has 1 saturated heterocycles. The van der Waals surface area contributed by atoms with Crippen molar-refractivity contribution in [1.29, 1.82) is 10.5 Å². The summed E-state index contributed by atoms with van der Waals surface area (Å²) in [6.45, 7) is 20.0. The van der Waals surface area contributed by atoms with E-state index in [9.17, 15) is 10.5 Å². The lowest BCUT2D eigenvalue weighted by Gasteiger charge is -2.38. The fourth-order valence-electron chi connectivity index (χ4n) is 7.36. The maximum atomic E-state index is 10.7. The van der Waals surface area contributed by atoms with Crippen LogP contribution >= 0.6 is 35.0 Å². The number of nitrogens with zero attached hydrogens (tertiary/aromatic N) is 7. The van der Waals surface area contributed by atoms with Crippen molar-refractivity contribution in [2.45, 2.75) is 82.6 Å². The maximum absolute atomic E-state index is 10.7. The number of aromatic nitrogens is 1. The van der Waals surface area contributed by atoms with Gasteiger partial charge in [-0.15, -0.1) is 11.8 Å². The number of thioether (sulfide) groups is 1. The van der Waals surface area contributed by atoms with E-state index in [0.717, 1.165) is 96.6 Å². The lowest BCUT2D eigenvalue weighted by molar-refractivity contribution is -0.0519. The van der Waals surface area contributed by atoms with E-state index < -0.39 is 11.2 Å². The zero-order valence-electron chi connectivity index (χ0n) is 33.7. The summed E-state index contributed by atoms with van der Waals surface area (Å²) in [6.07, 6.45) is 5.41. The Labute approximate surface area is 343 Å². The van der Waals surface area contributed by atoms with Crippen molar-refractivity contribution in [2.75, 3.05) is 84.2 Å². The van der Waals surface area contributed by atoms with Gasteiger partial charge in [-0.2, -0.15) is 10.5 Å². The third-order valence-corrected chi connectivity index (χ3v) is 12.7. The Bertz CT molecular complexity index is 1880. The summed E-state index contributed by atoms with van der Waals surface area (Å²) in [5.74, 6) is 1.62. The van der Waals surface area contributed by atoms with Crippen LogP contribution in [-0.4, -0.2) is 110 Å². The molecule has 1 fully saturated rings. The maximum Gasteiger partial charge on any atom is 0.135 e. The summed E-state index contributed by atoms with van der Waals surface area (Å²) in [5.41, 5.74) is 6.02. The number of ether oxygens (including phenoxy) is 2. The van der Waals surface area contributed by atoms with Crippen LogP contribution in [0.15, 0.2) is 58.3 Å². The number of pyridine rings is 1. The first-order valence-corrected chi connectivity index (χ1v) is 21.1. The Balaban J connectivity index is 1.46. The van der Waals surface area contributed by atoms with Crippen LogP contribution in [0.2, 0.25) is 10.0 Å². The molecule has 0 N–H and O–H groups in total. The molecule has 1 unspecified atom stereocenters. The molecule has 55 heavy (non-hydrogen) atoms. The first kappa shape index (κ1) is 43.1. The normalized spacial score (nSPS) is 20.5. The molecule has 2 aromatic rings. The summed E-state index contributed by atoms with van der Waals surface area (Å²) in [5, 5.41) is 23.3. The molecule has 12 heteroatoms. The highest BCUT2D eigenvalue weighted by Gasteiger charge is 2.37. The minimum Gasteiger partial charge on any atom is -0.373 e. The molecule has 1 atom stereocenters. The third kappa shape index (κ3) is 10.9. The van der Waals surface area contributed by atoms with Gasteiger partial charge in [-0.1, -0.05) is 48.8 Å². The van der Waals surface area contributed by atoms with Gasteiger partial charge in [-0.05, 0) is 96.1 Å². The van der Waals surface area contributed by atoms with E-state index in [2.05, 4.69) is 87.2 Å². The molecule has 3 aliphatic heterocycles. The molecule has 0 spiro atoms. The van der Waals surface area contributed by atoms with E-state index in [1.54, 1.807) is 17.8 Å². The van der Waals surface area contributed by atoms with Crippen molar-refractivity contribution >= 4 is 40.8 Å². The molecule has 0 saturated carbocycles. The van der Waals surface area contributed by atoms with Crippen molar-refractivity contribution in [3.05, 3.63) is 85.6 Å². The van der Waals surface area contributed by atoms with Gasteiger partial charge in [-0.25, -0.2) is 4.98 Å². The number of allylic oxidation sites excluding steroid dienone is 1. The SMILES string of the molecule is C=C(C1=C(C(C#N)=CCC2(C)Cc3c(C#N)c(SCCc4ccc(Cl)cc4Cl)nc(N4CCCN(C)CC4)c3CO2)CC(C)(C)OC1)N(C)CCN(C)CC. The summed E-state index contributed by atoms with van der Waals surface area (Å²) in [4.78, 5) is 14.4. The molecular formula is C43H57Cl2N7O2S. The quantitative estimate of drug-likeness (QED) is 0.137. The summed E-state index contributed by atoms with van der Waals surface area (Å²) >= 11 is 14.3. The van der Waals surface area contributed by atoms with E-state index in [1.165, 1.54) is 0 Å². The Morgan fingerprint density at radius 1 is 1.04 bits per heavy atom. The minimum atomic E-state index is -0.642. The summed E-state index contributed by atoms with van der Waals surface area (Å²) < 4.78 is 13.0. The first-order valence-electron chi connectivity index (χ1n) is 19.3. The van der Waals surface area contributed by atoms with Crippen LogP contribution in [0.3, 0.4) is 0 Å². The van der Waals surface area contributed by atoms with Gasteiger partial charge in [0.25, 0.3) is 0 Å². The van der Waals surface area contributed by atoms with E-state index in [4.69, 9.17) is 37.7 Å². The molecule has 0 amide bonds. The van der Waals surface area contributed by atoms with E-state index in [-0.39, 0.29) is 0 Å². The van der Waals surface area contributed by atoms with Crippen molar-refractivity contribution in [3.63, 3.8) is 0 Å². The van der Waals surface area contributed by atoms with E-state index in [1.807, 2.05) is 18.2 Å². The van der Waals surface area contributed by atoms with Gasteiger partial charge in [0, 0.05) is 85.2 Å². The lowest BCUT2D eigenvalue weighted by atomic mass is 9.83. The number of anilines is 1. The molecule has 0 aliphatic carbocycles. The fourth-order valence-corrected chi connectivity index (χ4v) is 8.84. The molecule has 1 aromatic heterocycles. The van der Waals surface area contributed by atoms with Crippen LogP contribution in [0, 0.1) is 22.7 Å². The monoisotopic (exact) mass is 805 g/mol. The number of fused-ring (bicyclic) bond motifs is 1. The third-order valence-electron chi connectivity index (χ3n) is 11.2. The predicted molar refractivity (Wildman–Crippen MR) is 226 cm³/mol. The second kappa shape index (κ2) is 18.9. The number of hydrogen-bond donors (Lipinski definition) is 0. The molecule has 9 nitrogen and oxygen atoms in total. The van der Waals surface area contributed by atoms with Crippen molar-refractivity contribution in [1.82, 2.24) is 19.7 Å². The average Bonchev–Trinajstić information content (AvgIpc) is 3.37. The molecule has 0 bridgehead atoms. The largest absolute Gasteiger partial charge is 0.373 e. The van der Waals surface area contributed by atoms with Crippen LogP contribution in [0.25, 0.3) is 0 Å². The van der Waals surface area contributed by atoms with Gasteiger partial charge >= 0.3 is 0 Å². The molecule has 3 aliphatic rings. The van der Waals surface area contributed by atoms with Crippen LogP contribution in [0.4, 0.5) is 5.82 Å². The van der Waals surface area contributed by atoms with Gasteiger partial charge in [0.2, 0.25) is 0 Å². The number of rotatable bonds is 14. The number of hydrogen-bond acceptors (Lipinski definition) is 10. The fraction of sp³-hybridized carbons (Fsp3) is 0.558. The van der Waals surface area contributed by atoms with Gasteiger partial charge in [0.05, 0.1) is 41.6 Å². The first-order chi connectivity index (χ1) is 26.2. The molecule has 4 heterocycles. The van der Waals surface area contributed by atoms with E-state index >= 15 is 0 Å². The van der Waals surface area contributed by atoms with Gasteiger partial charge in [-0.3, -0.25) is 0 Å². The number of nitriles is 2. The highest BCUT2D eigenvalue weighted by molar-refractivity contribution is 7.99. The van der Waals surface area contributed by atoms with Crippen LogP contribution in [0.1, 0.15) is 69.2 Å². The van der Waals surface area contributed by atoms with Crippen molar-refractivity contribution in [3.8, 4) is 12.1 Å². The Kier molecular flexibility index (Phi) is 14.8. The topological polar surface area (TPSA) is 91.9 Å². The summed E-state index contributed by atoms with van der Waals surface area (Å²) in [7, 11) is 6.33. The van der Waals surface area contributed by atoms with Crippen LogP contribution in [0.5, 0.6) is 0 Å². The molecule has 0 radical (unpaired) electrons. The van der Waals surface area contributed by atoms with Gasteiger partial charge < -0.3 is 29.1 Å². The standard InChI is InChI=1S/C43H57Cl2N7O2S/c1-9-49(6)18-20-51(8)30(2)37-28-53-42(3,4)24-34(37)32(26-46)13-15-43(5)25-35-36(27-47)41(55-22-14-31-11-12-33(44)23-39(31)45)48-40(38(35)29-54-43)52-17-10-16-50(7)19-21-52/h11-13,23H,2,9-10,14-22,24-25,28-29H2,1,3-8H3. The molecule has 1 aromatic carbocycles. The number of aryl methyl sites for hydroxylation is 1. The van der Waals surface area contributed by atoms with Crippen LogP contribution in [-0.2, 0) is 28.9 Å². The van der Waals surface area contributed by atoms with Crippen LogP contribution < -0.4 is 4.90 Å². The highest BCUT2D eigenvalue weighted by Crippen LogP contribution is 2.42. The number of likely N-dealkylation sites (N-methyl/N-ethyl adjacent to an activating group) is 3. The zero-order valence-corrected chi connectivity index (χ0v) is 36.1. The smallest absolute Gasteiger partial charge is 0.135 e. The molecular weight excluding hydrogens is 749 g/mol. The van der Waals surface area contributed by atoms with Gasteiger partial charge in [0.1, 0.15) is 16.9 Å². The highest BCUT2D eigenvalue weighted by atomic mass is 35.5. The van der Waals surface area contributed by atoms with E-state index in [0.29, 0.717) is 65.8 Å². The van der Waals surface area contributed by atoms with Gasteiger partial charge in [0.15, 0.2) is 0 Å². The Hall–Kier alpha value is -3.06. The Morgan fingerprint density at radius 3 is 2.53 bits per heavy atom. The molecule has 5 rings (SSSR count). The second-order valence-electron chi connectivity index (χ2n) is 16.0. The number of benzene rings is 1. The lowest BCUT2D eigenvalue weighted by Crippen LogP contribution is -2.38. The number of halogens is 2. The zero-order chi connectivity index (χ0) is 39.9. The average molecular weight is 807 g/mol. The second-order valence-corrected chi connectivity index (χ2v) is 17.9.